The Labute approximate surface area is 115 Å². The molecule has 1 atom stereocenters. The first-order valence-corrected chi connectivity index (χ1v) is 6.18. The minimum Gasteiger partial charge on any atom is -0.271 e. The third-order valence-corrected chi connectivity index (χ3v) is 3.28. The van der Waals surface area contributed by atoms with Gasteiger partial charge < -0.3 is 0 Å². The molecule has 0 aliphatic rings. The normalized spacial score (nSPS) is 12.4. The monoisotopic (exact) mass is 280 g/mol. The number of hydrogen-bond donors (Lipinski definition) is 2. The van der Waals surface area contributed by atoms with Crippen molar-refractivity contribution < 1.29 is 13.2 Å². The van der Waals surface area contributed by atoms with Crippen molar-refractivity contribution in [1.82, 2.24) is 5.43 Å². The molecular formula is C15H15F3N2. The van der Waals surface area contributed by atoms with Gasteiger partial charge in [0.1, 0.15) is 17.5 Å². The summed E-state index contributed by atoms with van der Waals surface area (Å²) in [5, 5.41) is 0. The van der Waals surface area contributed by atoms with E-state index in [1.54, 1.807) is 0 Å². The molecule has 2 rings (SSSR count). The fraction of sp³-hybridized carbons (Fsp3) is 0.200. The molecule has 2 aromatic rings. The average Bonchev–Trinajstić information content (AvgIpc) is 2.38. The predicted molar refractivity (Wildman–Crippen MR) is 71.3 cm³/mol. The Hall–Kier alpha value is -1.85. The summed E-state index contributed by atoms with van der Waals surface area (Å²) in [5.41, 5.74) is 4.05. The van der Waals surface area contributed by atoms with Gasteiger partial charge in [-0.2, -0.15) is 0 Å². The van der Waals surface area contributed by atoms with Crippen LogP contribution in [0.25, 0.3) is 0 Å². The molecule has 0 heterocycles. The number of hydrazine groups is 1. The molecule has 106 valence electrons. The Kier molecular flexibility index (Phi) is 4.42. The van der Waals surface area contributed by atoms with Gasteiger partial charge in [0.15, 0.2) is 0 Å². The molecule has 3 N–H and O–H groups in total. The molecule has 2 aromatic carbocycles. The van der Waals surface area contributed by atoms with Crippen molar-refractivity contribution in [3.63, 3.8) is 0 Å². The first kappa shape index (κ1) is 14.6. The Bertz CT molecular complexity index is 591. The molecule has 0 aromatic heterocycles. The van der Waals surface area contributed by atoms with Crippen LogP contribution >= 0.6 is 0 Å². The number of halogens is 3. The second kappa shape index (κ2) is 6.07. The van der Waals surface area contributed by atoms with E-state index in [-0.39, 0.29) is 5.56 Å². The van der Waals surface area contributed by atoms with Crippen molar-refractivity contribution in [3.8, 4) is 0 Å². The molecule has 0 fully saturated rings. The molecule has 0 bridgehead atoms. The molecule has 5 heteroatoms. The molecule has 0 saturated heterocycles. The van der Waals surface area contributed by atoms with E-state index in [4.69, 9.17) is 5.84 Å². The number of nitrogens with one attached hydrogen (secondary N) is 1. The maximum Gasteiger partial charge on any atom is 0.133 e. The summed E-state index contributed by atoms with van der Waals surface area (Å²) >= 11 is 0. The van der Waals surface area contributed by atoms with Gasteiger partial charge in [-0.15, -0.1) is 0 Å². The van der Waals surface area contributed by atoms with Crippen molar-refractivity contribution in [1.29, 1.82) is 0 Å². The first-order valence-electron chi connectivity index (χ1n) is 6.18. The van der Waals surface area contributed by atoms with Crippen molar-refractivity contribution in [3.05, 3.63) is 70.5 Å². The maximum atomic E-state index is 13.8. The number of aryl methyl sites for hydroxylation is 1. The summed E-state index contributed by atoms with van der Waals surface area (Å²) < 4.78 is 40.5. The van der Waals surface area contributed by atoms with Crippen LogP contribution in [-0.4, -0.2) is 0 Å². The van der Waals surface area contributed by atoms with Gasteiger partial charge in [-0.25, -0.2) is 13.2 Å². The number of benzene rings is 2. The third-order valence-electron chi connectivity index (χ3n) is 3.28. The van der Waals surface area contributed by atoms with Gasteiger partial charge in [-0.3, -0.25) is 11.3 Å². The lowest BCUT2D eigenvalue weighted by atomic mass is 9.96. The highest BCUT2D eigenvalue weighted by Gasteiger charge is 2.21. The van der Waals surface area contributed by atoms with E-state index in [0.717, 1.165) is 11.1 Å². The SMILES string of the molecule is Cc1ccccc1CC(NN)c1c(F)cc(F)cc1F. The van der Waals surface area contributed by atoms with Crippen molar-refractivity contribution in [2.24, 2.45) is 5.84 Å². The van der Waals surface area contributed by atoms with Crippen LogP contribution in [0.3, 0.4) is 0 Å². The van der Waals surface area contributed by atoms with E-state index in [9.17, 15) is 13.2 Å². The van der Waals surface area contributed by atoms with Crippen LogP contribution in [0.4, 0.5) is 13.2 Å². The number of nitrogens with two attached hydrogens (primary N) is 1. The van der Waals surface area contributed by atoms with Gasteiger partial charge in [-0.05, 0) is 24.5 Å². The highest BCUT2D eigenvalue weighted by Crippen LogP contribution is 2.25. The average molecular weight is 280 g/mol. The van der Waals surface area contributed by atoms with E-state index >= 15 is 0 Å². The minimum atomic E-state index is -0.949. The second-order valence-corrected chi connectivity index (χ2v) is 4.63. The number of hydrogen-bond acceptors (Lipinski definition) is 2. The quantitative estimate of drug-likeness (QED) is 0.667. The Morgan fingerprint density at radius 3 is 2.25 bits per heavy atom. The lowest BCUT2D eigenvalue weighted by Gasteiger charge is -2.19. The molecule has 0 spiro atoms. The van der Waals surface area contributed by atoms with Crippen LogP contribution in [0.15, 0.2) is 36.4 Å². The molecule has 0 saturated carbocycles. The zero-order valence-corrected chi connectivity index (χ0v) is 11.0. The molecule has 1 unspecified atom stereocenters. The Morgan fingerprint density at radius 2 is 1.70 bits per heavy atom. The fourth-order valence-corrected chi connectivity index (χ4v) is 2.19. The minimum absolute atomic E-state index is 0.253. The summed E-state index contributed by atoms with van der Waals surface area (Å²) in [5.74, 6) is 2.56. The Morgan fingerprint density at radius 1 is 1.10 bits per heavy atom. The number of rotatable bonds is 4. The molecular weight excluding hydrogens is 265 g/mol. The van der Waals surface area contributed by atoms with Crippen LogP contribution in [0, 0.1) is 24.4 Å². The molecule has 0 aliphatic heterocycles. The smallest absolute Gasteiger partial charge is 0.133 e. The van der Waals surface area contributed by atoms with E-state index in [1.807, 2.05) is 31.2 Å². The topological polar surface area (TPSA) is 38.0 Å². The van der Waals surface area contributed by atoms with Gasteiger partial charge in [0, 0.05) is 17.7 Å². The van der Waals surface area contributed by atoms with Gasteiger partial charge in [-0.1, -0.05) is 24.3 Å². The summed E-state index contributed by atoms with van der Waals surface area (Å²) in [4.78, 5) is 0. The molecule has 20 heavy (non-hydrogen) atoms. The van der Waals surface area contributed by atoms with Crippen LogP contribution in [0.5, 0.6) is 0 Å². The van der Waals surface area contributed by atoms with Crippen molar-refractivity contribution in [2.45, 2.75) is 19.4 Å². The molecule has 0 radical (unpaired) electrons. The summed E-state index contributed by atoms with van der Waals surface area (Å²) in [6.07, 6.45) is 0.308. The lowest BCUT2D eigenvalue weighted by Crippen LogP contribution is -2.31. The second-order valence-electron chi connectivity index (χ2n) is 4.63. The van der Waals surface area contributed by atoms with Gasteiger partial charge in [0.05, 0.1) is 6.04 Å². The molecule has 2 nitrogen and oxygen atoms in total. The molecule has 0 amide bonds. The first-order chi connectivity index (χ1) is 9.52. The maximum absolute atomic E-state index is 13.8. The third kappa shape index (κ3) is 3.00. The van der Waals surface area contributed by atoms with E-state index in [1.165, 1.54) is 0 Å². The molecule has 0 aliphatic carbocycles. The lowest BCUT2D eigenvalue weighted by molar-refractivity contribution is 0.461. The summed E-state index contributed by atoms with van der Waals surface area (Å²) in [6.45, 7) is 1.90. The van der Waals surface area contributed by atoms with Gasteiger partial charge in [0.25, 0.3) is 0 Å². The largest absolute Gasteiger partial charge is 0.271 e. The van der Waals surface area contributed by atoms with Gasteiger partial charge in [0.2, 0.25) is 0 Å². The van der Waals surface area contributed by atoms with E-state index < -0.39 is 23.5 Å². The summed E-state index contributed by atoms with van der Waals surface area (Å²) in [7, 11) is 0. The van der Waals surface area contributed by atoms with Crippen LogP contribution < -0.4 is 11.3 Å². The van der Waals surface area contributed by atoms with E-state index in [0.29, 0.717) is 18.6 Å². The Balaban J connectivity index is 2.37. The fourth-order valence-electron chi connectivity index (χ4n) is 2.19. The highest BCUT2D eigenvalue weighted by molar-refractivity contribution is 5.30. The zero-order chi connectivity index (χ0) is 14.7. The standard InChI is InChI=1S/C15H15F3N2/c1-9-4-2-3-5-10(9)6-14(20-19)15-12(17)7-11(16)8-13(15)18/h2-5,7-8,14,20H,6,19H2,1H3. The van der Waals surface area contributed by atoms with Crippen LogP contribution in [0.1, 0.15) is 22.7 Å². The predicted octanol–water partition coefficient (Wildman–Crippen LogP) is 3.16. The van der Waals surface area contributed by atoms with Crippen LogP contribution in [0.2, 0.25) is 0 Å². The summed E-state index contributed by atoms with van der Waals surface area (Å²) in [6, 6.07) is 8.02. The zero-order valence-electron chi connectivity index (χ0n) is 11.0. The van der Waals surface area contributed by atoms with Crippen molar-refractivity contribution >= 4 is 0 Å². The van der Waals surface area contributed by atoms with Crippen LogP contribution in [-0.2, 0) is 6.42 Å². The van der Waals surface area contributed by atoms with Gasteiger partial charge >= 0.3 is 0 Å². The highest BCUT2D eigenvalue weighted by atomic mass is 19.1. The van der Waals surface area contributed by atoms with Crippen molar-refractivity contribution in [2.75, 3.05) is 0 Å². The van der Waals surface area contributed by atoms with E-state index in [2.05, 4.69) is 5.43 Å².